The highest BCUT2D eigenvalue weighted by Gasteiger charge is 2.22. The molecule has 1 saturated heterocycles. The van der Waals surface area contributed by atoms with Crippen LogP contribution in [0.4, 0.5) is 15.9 Å². The summed E-state index contributed by atoms with van der Waals surface area (Å²) >= 11 is 3.25. The highest BCUT2D eigenvalue weighted by molar-refractivity contribution is 8.00. The number of aromatic nitrogens is 3. The molecule has 1 fully saturated rings. The molecule has 0 N–H and O–H groups in total. The maximum absolute atomic E-state index is 14.0. The first kappa shape index (κ1) is 17.3. The number of thioether (sulfide) groups is 1. The minimum Gasteiger partial charge on any atom is -0.494 e. The molecule has 0 aliphatic carbocycles. The summed E-state index contributed by atoms with van der Waals surface area (Å²) in [4.78, 5) is 17.7. The number of piperazine rings is 1. The predicted octanol–water partition coefficient (Wildman–Crippen LogP) is 3.28. The number of thiazole rings is 1. The third-order valence-corrected chi connectivity index (χ3v) is 6.43. The van der Waals surface area contributed by atoms with E-state index in [0.717, 1.165) is 52.4 Å². The molecule has 136 valence electrons. The zero-order chi connectivity index (χ0) is 18.1. The first-order valence-corrected chi connectivity index (χ1v) is 10.2. The van der Waals surface area contributed by atoms with E-state index in [1.54, 1.807) is 35.5 Å². The number of halogens is 1. The Morgan fingerprint density at radius 3 is 2.62 bits per heavy atom. The van der Waals surface area contributed by atoms with E-state index in [2.05, 4.69) is 24.8 Å². The Labute approximate surface area is 159 Å². The van der Waals surface area contributed by atoms with Crippen molar-refractivity contribution in [1.29, 1.82) is 0 Å². The van der Waals surface area contributed by atoms with E-state index in [9.17, 15) is 4.39 Å². The highest BCUT2D eigenvalue weighted by atomic mass is 32.2. The van der Waals surface area contributed by atoms with Crippen molar-refractivity contribution in [1.82, 2.24) is 15.0 Å². The van der Waals surface area contributed by atoms with Crippen LogP contribution in [0, 0.1) is 5.82 Å². The largest absolute Gasteiger partial charge is 0.494 e. The maximum Gasteiger partial charge on any atom is 0.176 e. The summed E-state index contributed by atoms with van der Waals surface area (Å²) in [5.41, 5.74) is 1.63. The molecule has 1 aliphatic heterocycles. The molecular formula is C17H18FN5OS2. The van der Waals surface area contributed by atoms with Crippen molar-refractivity contribution in [2.45, 2.75) is 4.34 Å². The summed E-state index contributed by atoms with van der Waals surface area (Å²) < 4.78 is 21.0. The Hall–Kier alpha value is -2.13. The Kier molecular flexibility index (Phi) is 4.82. The molecule has 0 radical (unpaired) electrons. The minimum absolute atomic E-state index is 0.269. The van der Waals surface area contributed by atoms with Crippen LogP contribution in [0.25, 0.3) is 10.3 Å². The second-order valence-corrected chi connectivity index (χ2v) is 7.88. The van der Waals surface area contributed by atoms with Gasteiger partial charge in [0, 0.05) is 37.9 Å². The van der Waals surface area contributed by atoms with Crippen LogP contribution in [0.2, 0.25) is 0 Å². The quantitative estimate of drug-likeness (QED) is 0.633. The van der Waals surface area contributed by atoms with Crippen molar-refractivity contribution in [3.05, 3.63) is 30.3 Å². The number of hydrogen-bond donors (Lipinski definition) is 0. The number of methoxy groups -OCH3 is 1. The summed E-state index contributed by atoms with van der Waals surface area (Å²) in [5.74, 6) is 0.873. The molecule has 0 atom stereocenters. The van der Waals surface area contributed by atoms with Crippen LogP contribution >= 0.6 is 23.1 Å². The minimum atomic E-state index is -0.334. The van der Waals surface area contributed by atoms with Crippen LogP contribution in [0.5, 0.6) is 5.75 Å². The van der Waals surface area contributed by atoms with Crippen LogP contribution in [0.15, 0.2) is 28.9 Å². The molecule has 0 saturated carbocycles. The van der Waals surface area contributed by atoms with Gasteiger partial charge in [0.05, 0.1) is 7.11 Å². The second-order valence-electron chi connectivity index (χ2n) is 5.83. The van der Waals surface area contributed by atoms with Gasteiger partial charge in [-0.2, -0.15) is 0 Å². The lowest BCUT2D eigenvalue weighted by molar-refractivity contribution is 0.386. The molecule has 3 heterocycles. The van der Waals surface area contributed by atoms with E-state index in [1.165, 1.54) is 13.2 Å². The summed E-state index contributed by atoms with van der Waals surface area (Å²) in [7, 11) is 1.47. The fourth-order valence-corrected chi connectivity index (χ4v) is 4.59. The van der Waals surface area contributed by atoms with Gasteiger partial charge in [-0.3, -0.25) is 0 Å². The standard InChI is InChI=1S/C17H18FN5OS2/c1-24-13-4-3-11(9-12(13)18)22-5-7-23(8-6-22)16-14-15(19-10-20-16)21-17(25-2)26-14/h3-4,9-10H,5-8H2,1-2H3. The fraction of sp³-hybridized carbons (Fsp3) is 0.353. The molecule has 2 aromatic heterocycles. The van der Waals surface area contributed by atoms with E-state index < -0.39 is 0 Å². The lowest BCUT2D eigenvalue weighted by Gasteiger charge is -2.36. The molecule has 0 spiro atoms. The zero-order valence-corrected chi connectivity index (χ0v) is 16.1. The topological polar surface area (TPSA) is 54.4 Å². The lowest BCUT2D eigenvalue weighted by atomic mass is 10.2. The Balaban J connectivity index is 1.52. The van der Waals surface area contributed by atoms with Gasteiger partial charge in [-0.15, -0.1) is 11.3 Å². The molecule has 1 aliphatic rings. The summed E-state index contributed by atoms with van der Waals surface area (Å²) in [6.45, 7) is 3.22. The smallest absolute Gasteiger partial charge is 0.176 e. The van der Waals surface area contributed by atoms with E-state index in [1.807, 2.05) is 12.3 Å². The van der Waals surface area contributed by atoms with Crippen molar-refractivity contribution in [2.24, 2.45) is 0 Å². The summed E-state index contributed by atoms with van der Waals surface area (Å²) in [5, 5.41) is 0. The van der Waals surface area contributed by atoms with Gasteiger partial charge in [0.2, 0.25) is 0 Å². The maximum atomic E-state index is 14.0. The van der Waals surface area contributed by atoms with Gasteiger partial charge < -0.3 is 14.5 Å². The average Bonchev–Trinajstić information content (AvgIpc) is 3.11. The normalized spacial score (nSPS) is 14.9. The van der Waals surface area contributed by atoms with Gasteiger partial charge in [0.1, 0.15) is 11.0 Å². The van der Waals surface area contributed by atoms with E-state index in [4.69, 9.17) is 4.74 Å². The van der Waals surface area contributed by atoms with Gasteiger partial charge in [-0.05, 0) is 18.4 Å². The van der Waals surface area contributed by atoms with E-state index in [0.29, 0.717) is 0 Å². The van der Waals surface area contributed by atoms with Crippen LogP contribution in [-0.2, 0) is 0 Å². The summed E-state index contributed by atoms with van der Waals surface area (Å²) in [6, 6.07) is 5.10. The van der Waals surface area contributed by atoms with Crippen LogP contribution in [0.1, 0.15) is 0 Å². The van der Waals surface area contributed by atoms with Crippen LogP contribution < -0.4 is 14.5 Å². The van der Waals surface area contributed by atoms with Crippen LogP contribution in [-0.4, -0.2) is 54.5 Å². The number of rotatable bonds is 4. The molecular weight excluding hydrogens is 373 g/mol. The summed E-state index contributed by atoms with van der Waals surface area (Å²) in [6.07, 6.45) is 3.59. The molecule has 3 aromatic rings. The molecule has 0 unspecified atom stereocenters. The number of fused-ring (bicyclic) bond motifs is 1. The molecule has 6 nitrogen and oxygen atoms in total. The predicted molar refractivity (Wildman–Crippen MR) is 104 cm³/mol. The number of hydrogen-bond acceptors (Lipinski definition) is 8. The fourth-order valence-electron chi connectivity index (χ4n) is 3.06. The monoisotopic (exact) mass is 391 g/mol. The van der Waals surface area contributed by atoms with E-state index in [-0.39, 0.29) is 11.6 Å². The highest BCUT2D eigenvalue weighted by Crippen LogP contribution is 2.33. The van der Waals surface area contributed by atoms with E-state index >= 15 is 0 Å². The van der Waals surface area contributed by atoms with Gasteiger partial charge in [0.15, 0.2) is 27.4 Å². The number of benzene rings is 1. The number of ether oxygens (including phenoxy) is 1. The first-order chi connectivity index (χ1) is 12.7. The first-order valence-electron chi connectivity index (χ1n) is 8.18. The lowest BCUT2D eigenvalue weighted by Crippen LogP contribution is -2.46. The molecule has 1 aromatic carbocycles. The Morgan fingerprint density at radius 1 is 1.15 bits per heavy atom. The van der Waals surface area contributed by atoms with Gasteiger partial charge in [0.25, 0.3) is 0 Å². The van der Waals surface area contributed by atoms with Gasteiger partial charge in [-0.25, -0.2) is 19.3 Å². The van der Waals surface area contributed by atoms with Crippen molar-refractivity contribution in [2.75, 3.05) is 49.3 Å². The van der Waals surface area contributed by atoms with Gasteiger partial charge in [-0.1, -0.05) is 11.8 Å². The average molecular weight is 391 g/mol. The Bertz CT molecular complexity index is 927. The molecule has 0 bridgehead atoms. The van der Waals surface area contributed by atoms with Gasteiger partial charge >= 0.3 is 0 Å². The molecule has 4 rings (SSSR count). The SMILES string of the molecule is COc1ccc(N2CCN(c3ncnc4nc(SC)sc34)CC2)cc1F. The van der Waals surface area contributed by atoms with Crippen molar-refractivity contribution >= 4 is 45.0 Å². The third kappa shape index (κ3) is 3.16. The second kappa shape index (κ2) is 7.24. The number of nitrogens with zero attached hydrogens (tertiary/aromatic N) is 5. The molecule has 9 heteroatoms. The van der Waals surface area contributed by atoms with Crippen molar-refractivity contribution in [3.8, 4) is 5.75 Å². The van der Waals surface area contributed by atoms with Crippen molar-refractivity contribution < 1.29 is 9.13 Å². The Morgan fingerprint density at radius 2 is 1.92 bits per heavy atom. The number of anilines is 2. The molecule has 26 heavy (non-hydrogen) atoms. The van der Waals surface area contributed by atoms with Crippen molar-refractivity contribution in [3.63, 3.8) is 0 Å². The molecule has 0 amide bonds. The third-order valence-electron chi connectivity index (χ3n) is 4.41. The zero-order valence-electron chi connectivity index (χ0n) is 14.5. The van der Waals surface area contributed by atoms with Crippen LogP contribution in [0.3, 0.4) is 0 Å².